The second-order valence-electron chi connectivity index (χ2n) is 5.91. The Labute approximate surface area is 179 Å². The first kappa shape index (κ1) is 22.1. The van der Waals surface area contributed by atoms with E-state index < -0.39 is 0 Å². The standard InChI is InChI=1S/C19H22ClN3OS2.ClH/c1-3-22(4-2)10-11-23(17(24)13-14-7-6-12-25-14)19-21-18-15(20)8-5-9-16(18)26-19;/h5-9,12H,3-4,10-11,13H2,1-2H3;1H. The molecule has 3 aromatic rings. The summed E-state index contributed by atoms with van der Waals surface area (Å²) < 4.78 is 1.00. The van der Waals surface area contributed by atoms with Gasteiger partial charge in [0, 0.05) is 18.0 Å². The quantitative estimate of drug-likeness (QED) is 0.470. The molecule has 0 spiro atoms. The van der Waals surface area contributed by atoms with E-state index in [-0.39, 0.29) is 18.3 Å². The molecular formula is C19H23Cl2N3OS2. The summed E-state index contributed by atoms with van der Waals surface area (Å²) in [6.45, 7) is 7.66. The molecule has 4 nitrogen and oxygen atoms in total. The minimum absolute atomic E-state index is 0. The smallest absolute Gasteiger partial charge is 0.234 e. The maximum Gasteiger partial charge on any atom is 0.234 e. The van der Waals surface area contributed by atoms with Crippen LogP contribution in [0.4, 0.5) is 5.13 Å². The van der Waals surface area contributed by atoms with Crippen molar-refractivity contribution in [2.24, 2.45) is 0 Å². The zero-order valence-corrected chi connectivity index (χ0v) is 18.6. The van der Waals surface area contributed by atoms with E-state index in [9.17, 15) is 4.79 Å². The number of aromatic nitrogens is 1. The van der Waals surface area contributed by atoms with Gasteiger partial charge in [-0.1, -0.05) is 48.9 Å². The molecule has 0 saturated heterocycles. The topological polar surface area (TPSA) is 36.4 Å². The van der Waals surface area contributed by atoms with Gasteiger partial charge in [0.15, 0.2) is 5.13 Å². The molecule has 1 amide bonds. The summed E-state index contributed by atoms with van der Waals surface area (Å²) in [6, 6.07) is 9.72. The highest BCUT2D eigenvalue weighted by molar-refractivity contribution is 7.22. The molecule has 1 aromatic carbocycles. The number of benzene rings is 1. The molecule has 0 atom stereocenters. The lowest BCUT2D eigenvalue weighted by atomic mass is 10.3. The van der Waals surface area contributed by atoms with Crippen molar-refractivity contribution < 1.29 is 4.79 Å². The molecule has 3 rings (SSSR count). The van der Waals surface area contributed by atoms with E-state index in [1.807, 2.05) is 40.6 Å². The number of para-hydroxylation sites is 1. The van der Waals surface area contributed by atoms with Gasteiger partial charge in [0.1, 0.15) is 5.52 Å². The molecule has 0 radical (unpaired) electrons. The summed E-state index contributed by atoms with van der Waals surface area (Å²) in [6.07, 6.45) is 0.402. The highest BCUT2D eigenvalue weighted by Gasteiger charge is 2.21. The van der Waals surface area contributed by atoms with E-state index in [0.29, 0.717) is 18.0 Å². The Kier molecular flexibility index (Phi) is 8.51. The number of carbonyl (C=O) groups is 1. The van der Waals surface area contributed by atoms with Gasteiger partial charge in [0.25, 0.3) is 0 Å². The molecule has 0 unspecified atom stereocenters. The Bertz CT molecular complexity index is 863. The largest absolute Gasteiger partial charge is 0.302 e. The maximum atomic E-state index is 13.0. The van der Waals surface area contributed by atoms with Crippen LogP contribution in [0.25, 0.3) is 10.2 Å². The van der Waals surface area contributed by atoms with Crippen LogP contribution in [0.2, 0.25) is 5.02 Å². The summed E-state index contributed by atoms with van der Waals surface area (Å²) in [5.41, 5.74) is 0.769. The number of nitrogens with zero attached hydrogens (tertiary/aromatic N) is 3. The number of likely N-dealkylation sites (N-methyl/N-ethyl adjacent to an activating group) is 1. The Morgan fingerprint density at radius 2 is 1.93 bits per heavy atom. The number of halogens is 2. The number of carbonyl (C=O) groups excluding carboxylic acids is 1. The van der Waals surface area contributed by atoms with Crippen LogP contribution in [0.15, 0.2) is 35.7 Å². The molecule has 0 aliphatic rings. The predicted octanol–water partition coefficient (Wildman–Crippen LogP) is 5.35. The van der Waals surface area contributed by atoms with E-state index in [0.717, 1.165) is 39.9 Å². The Hall–Kier alpha value is -1.18. The number of thiophene rings is 1. The Morgan fingerprint density at radius 1 is 1.15 bits per heavy atom. The van der Waals surface area contributed by atoms with Gasteiger partial charge in [-0.3, -0.25) is 9.69 Å². The van der Waals surface area contributed by atoms with Gasteiger partial charge in [-0.25, -0.2) is 4.98 Å². The van der Waals surface area contributed by atoms with Crippen molar-refractivity contribution in [3.8, 4) is 0 Å². The van der Waals surface area contributed by atoms with Crippen LogP contribution in [0.5, 0.6) is 0 Å². The monoisotopic (exact) mass is 443 g/mol. The molecule has 2 heterocycles. The Morgan fingerprint density at radius 3 is 2.56 bits per heavy atom. The summed E-state index contributed by atoms with van der Waals surface area (Å²) in [7, 11) is 0. The van der Waals surface area contributed by atoms with Gasteiger partial charge in [0.05, 0.1) is 16.1 Å². The number of hydrogen-bond acceptors (Lipinski definition) is 5. The van der Waals surface area contributed by atoms with Crippen LogP contribution in [0.3, 0.4) is 0 Å². The average molecular weight is 444 g/mol. The fourth-order valence-electron chi connectivity index (χ4n) is 2.78. The van der Waals surface area contributed by atoms with Crippen LogP contribution in [0.1, 0.15) is 18.7 Å². The normalized spacial score (nSPS) is 11.0. The van der Waals surface area contributed by atoms with Gasteiger partial charge < -0.3 is 4.90 Å². The second-order valence-corrected chi connectivity index (χ2v) is 8.36. The van der Waals surface area contributed by atoms with E-state index in [1.165, 1.54) is 11.3 Å². The lowest BCUT2D eigenvalue weighted by molar-refractivity contribution is -0.118. The number of rotatable bonds is 8. The van der Waals surface area contributed by atoms with E-state index in [4.69, 9.17) is 11.6 Å². The van der Waals surface area contributed by atoms with Gasteiger partial charge in [-0.2, -0.15) is 0 Å². The highest BCUT2D eigenvalue weighted by Crippen LogP contribution is 2.33. The van der Waals surface area contributed by atoms with Gasteiger partial charge in [-0.15, -0.1) is 23.7 Å². The minimum atomic E-state index is 0. The fraction of sp³-hybridized carbons (Fsp3) is 0.368. The third kappa shape index (κ3) is 5.42. The number of amides is 1. The zero-order chi connectivity index (χ0) is 18.5. The first-order chi connectivity index (χ1) is 12.6. The SMILES string of the molecule is CCN(CC)CCN(C(=O)Cc1cccs1)c1nc2c(Cl)cccc2s1.Cl. The average Bonchev–Trinajstić information content (AvgIpc) is 3.29. The van der Waals surface area contributed by atoms with Gasteiger partial charge in [-0.05, 0) is 36.7 Å². The first-order valence-electron chi connectivity index (χ1n) is 8.72. The number of thiazole rings is 1. The zero-order valence-electron chi connectivity index (χ0n) is 15.4. The first-order valence-corrected chi connectivity index (χ1v) is 10.8. The van der Waals surface area contributed by atoms with Crippen molar-refractivity contribution in [3.05, 3.63) is 45.6 Å². The molecule has 146 valence electrons. The van der Waals surface area contributed by atoms with Crippen LogP contribution in [-0.4, -0.2) is 42.0 Å². The number of anilines is 1. The van der Waals surface area contributed by atoms with Crippen molar-refractivity contribution in [1.29, 1.82) is 0 Å². The van der Waals surface area contributed by atoms with Crippen LogP contribution in [-0.2, 0) is 11.2 Å². The molecule has 0 bridgehead atoms. The third-order valence-corrected chi connectivity index (χ3v) is 6.56. The summed E-state index contributed by atoms with van der Waals surface area (Å²) >= 11 is 9.41. The predicted molar refractivity (Wildman–Crippen MR) is 120 cm³/mol. The number of fused-ring (bicyclic) bond motifs is 1. The van der Waals surface area contributed by atoms with E-state index in [1.54, 1.807) is 11.3 Å². The number of hydrogen-bond donors (Lipinski definition) is 0. The summed E-state index contributed by atoms with van der Waals surface area (Å²) in [4.78, 5) is 22.9. The molecule has 8 heteroatoms. The fourth-order valence-corrected chi connectivity index (χ4v) is 4.79. The molecule has 0 aliphatic carbocycles. The van der Waals surface area contributed by atoms with Crippen molar-refractivity contribution in [2.75, 3.05) is 31.1 Å². The van der Waals surface area contributed by atoms with Gasteiger partial charge >= 0.3 is 0 Å². The van der Waals surface area contributed by atoms with E-state index >= 15 is 0 Å². The third-order valence-electron chi connectivity index (χ3n) is 4.33. The van der Waals surface area contributed by atoms with Crippen LogP contribution in [0, 0.1) is 0 Å². The molecular weight excluding hydrogens is 421 g/mol. The molecule has 0 saturated carbocycles. The molecule has 0 N–H and O–H groups in total. The minimum Gasteiger partial charge on any atom is -0.302 e. The molecule has 27 heavy (non-hydrogen) atoms. The highest BCUT2D eigenvalue weighted by atomic mass is 35.5. The van der Waals surface area contributed by atoms with Crippen LogP contribution >= 0.6 is 46.7 Å². The van der Waals surface area contributed by atoms with Crippen molar-refractivity contribution >= 4 is 67.9 Å². The lowest BCUT2D eigenvalue weighted by Crippen LogP contribution is -2.39. The molecule has 0 fully saturated rings. The van der Waals surface area contributed by atoms with Crippen LogP contribution < -0.4 is 4.90 Å². The second kappa shape index (κ2) is 10.4. The van der Waals surface area contributed by atoms with Crippen molar-refractivity contribution in [1.82, 2.24) is 9.88 Å². The maximum absolute atomic E-state index is 13.0. The molecule has 2 aromatic heterocycles. The van der Waals surface area contributed by atoms with E-state index in [2.05, 4.69) is 23.7 Å². The Balaban J connectivity index is 0.00000261. The van der Waals surface area contributed by atoms with Crippen molar-refractivity contribution in [3.63, 3.8) is 0 Å². The summed E-state index contributed by atoms with van der Waals surface area (Å²) in [5.74, 6) is 0.0785. The molecule has 0 aliphatic heterocycles. The van der Waals surface area contributed by atoms with Gasteiger partial charge in [0.2, 0.25) is 5.91 Å². The summed E-state index contributed by atoms with van der Waals surface area (Å²) in [5, 5.41) is 3.35. The van der Waals surface area contributed by atoms with Crippen molar-refractivity contribution in [2.45, 2.75) is 20.3 Å². The lowest BCUT2D eigenvalue weighted by Gasteiger charge is -2.24.